The Labute approximate surface area is 197 Å². The number of nitro benzene ring substituents is 1. The summed E-state index contributed by atoms with van der Waals surface area (Å²) in [5.74, 6) is -0.421. The van der Waals surface area contributed by atoms with Gasteiger partial charge in [0.05, 0.1) is 10.5 Å². The summed E-state index contributed by atoms with van der Waals surface area (Å²) in [6.07, 6.45) is -4.09. The number of amides is 1. The first kappa shape index (κ1) is 24.5. The maximum absolute atomic E-state index is 13.1. The van der Waals surface area contributed by atoms with Crippen molar-refractivity contribution in [3.63, 3.8) is 0 Å². The smallest absolute Gasteiger partial charge is 0.334 e. The van der Waals surface area contributed by atoms with E-state index < -0.39 is 22.6 Å². The summed E-state index contributed by atoms with van der Waals surface area (Å²) < 4.78 is 38.6. The fourth-order valence-electron chi connectivity index (χ4n) is 3.16. The molecule has 0 unspecified atom stereocenters. The van der Waals surface area contributed by atoms with Gasteiger partial charge in [-0.15, -0.1) is 0 Å². The molecule has 0 heterocycles. The van der Waals surface area contributed by atoms with E-state index >= 15 is 0 Å². The number of rotatable bonds is 7. The number of nitrogens with zero attached hydrogens (tertiary/aromatic N) is 2. The van der Waals surface area contributed by atoms with Crippen LogP contribution in [0.3, 0.4) is 0 Å². The summed E-state index contributed by atoms with van der Waals surface area (Å²) in [5, 5.41) is 11.8. The van der Waals surface area contributed by atoms with E-state index in [2.05, 4.69) is 0 Å². The second-order valence-electron chi connectivity index (χ2n) is 7.21. The van der Waals surface area contributed by atoms with Crippen molar-refractivity contribution in [2.45, 2.75) is 19.1 Å². The van der Waals surface area contributed by atoms with Crippen LogP contribution in [0.25, 0.3) is 0 Å². The van der Waals surface area contributed by atoms with Gasteiger partial charge >= 0.3 is 6.18 Å². The lowest BCUT2D eigenvalue weighted by Crippen LogP contribution is -2.32. The van der Waals surface area contributed by atoms with Gasteiger partial charge in [0, 0.05) is 40.8 Å². The molecule has 3 aromatic rings. The Hall–Kier alpha value is -3.10. The molecule has 172 valence electrons. The largest absolute Gasteiger partial charge is 0.416 e. The van der Waals surface area contributed by atoms with E-state index in [0.717, 1.165) is 17.7 Å². The van der Waals surface area contributed by atoms with Gasteiger partial charge in [-0.1, -0.05) is 41.4 Å². The molecule has 0 bridgehead atoms. The van der Waals surface area contributed by atoms with Crippen LogP contribution in [0.15, 0.2) is 66.7 Å². The van der Waals surface area contributed by atoms with E-state index in [4.69, 9.17) is 23.2 Å². The third-order valence-corrected chi connectivity index (χ3v) is 5.52. The third-order valence-electron chi connectivity index (χ3n) is 4.93. The van der Waals surface area contributed by atoms with E-state index in [9.17, 15) is 28.1 Å². The van der Waals surface area contributed by atoms with Crippen LogP contribution in [0.1, 0.15) is 27.0 Å². The first-order valence-corrected chi connectivity index (χ1v) is 10.4. The van der Waals surface area contributed by atoms with E-state index in [1.54, 1.807) is 18.2 Å². The maximum Gasteiger partial charge on any atom is 0.416 e. The second kappa shape index (κ2) is 10.2. The van der Waals surface area contributed by atoms with Crippen molar-refractivity contribution in [1.29, 1.82) is 0 Å². The predicted molar refractivity (Wildman–Crippen MR) is 119 cm³/mol. The number of benzene rings is 3. The molecule has 1 amide bonds. The summed E-state index contributed by atoms with van der Waals surface area (Å²) in [6, 6.07) is 14.7. The monoisotopic (exact) mass is 496 g/mol. The highest BCUT2D eigenvalue weighted by molar-refractivity contribution is 6.35. The zero-order valence-electron chi connectivity index (χ0n) is 17.0. The number of carbonyl (C=O) groups is 1. The minimum absolute atomic E-state index is 0.0408. The fourth-order valence-corrected chi connectivity index (χ4v) is 3.66. The van der Waals surface area contributed by atoms with Gasteiger partial charge in [0.2, 0.25) is 0 Å². The van der Waals surface area contributed by atoms with Crippen LogP contribution in [-0.2, 0) is 19.1 Å². The average Bonchev–Trinajstić information content (AvgIpc) is 2.77. The minimum atomic E-state index is -4.46. The van der Waals surface area contributed by atoms with Gasteiger partial charge in [-0.05, 0) is 53.9 Å². The summed E-state index contributed by atoms with van der Waals surface area (Å²) in [7, 11) is 0. The predicted octanol–water partition coefficient (Wildman–Crippen LogP) is 6.81. The van der Waals surface area contributed by atoms with Crippen LogP contribution < -0.4 is 0 Å². The molecule has 0 aromatic heterocycles. The zero-order chi connectivity index (χ0) is 24.2. The Balaban J connectivity index is 1.84. The molecule has 0 aliphatic heterocycles. The summed E-state index contributed by atoms with van der Waals surface area (Å²) in [6.45, 7) is 0.247. The number of nitro groups is 1. The molecular formula is C23H17Cl2F3N2O3. The first-order valence-electron chi connectivity index (χ1n) is 9.68. The Kier molecular flexibility index (Phi) is 7.61. The lowest BCUT2D eigenvalue weighted by molar-refractivity contribution is -0.384. The Morgan fingerprint density at radius 1 is 0.970 bits per heavy atom. The fraction of sp³-hybridized carbons (Fsp3) is 0.174. The topological polar surface area (TPSA) is 63.4 Å². The van der Waals surface area contributed by atoms with Crippen LogP contribution in [0, 0.1) is 10.1 Å². The van der Waals surface area contributed by atoms with Crippen molar-refractivity contribution in [3.8, 4) is 0 Å². The molecule has 0 atom stereocenters. The molecule has 33 heavy (non-hydrogen) atoms. The number of carbonyl (C=O) groups excluding carboxylic acids is 1. The number of hydrogen-bond donors (Lipinski definition) is 0. The molecule has 0 radical (unpaired) electrons. The van der Waals surface area contributed by atoms with E-state index in [1.807, 2.05) is 0 Å². The molecule has 0 saturated carbocycles. The van der Waals surface area contributed by atoms with Crippen molar-refractivity contribution in [2.24, 2.45) is 0 Å². The van der Waals surface area contributed by atoms with Crippen LogP contribution in [0.4, 0.5) is 18.9 Å². The molecule has 0 aliphatic rings. The second-order valence-corrected chi connectivity index (χ2v) is 8.05. The summed E-state index contributed by atoms with van der Waals surface area (Å²) in [5.41, 5.74) is 0.520. The molecular weight excluding hydrogens is 480 g/mol. The highest BCUT2D eigenvalue weighted by atomic mass is 35.5. The van der Waals surface area contributed by atoms with Gasteiger partial charge in [-0.25, -0.2) is 0 Å². The van der Waals surface area contributed by atoms with Gasteiger partial charge in [-0.2, -0.15) is 13.2 Å². The number of halogens is 5. The van der Waals surface area contributed by atoms with Crippen LogP contribution in [-0.4, -0.2) is 22.3 Å². The minimum Gasteiger partial charge on any atom is -0.334 e. The Morgan fingerprint density at radius 2 is 1.61 bits per heavy atom. The van der Waals surface area contributed by atoms with Crippen LogP contribution in [0.2, 0.25) is 10.0 Å². The van der Waals surface area contributed by atoms with Crippen molar-refractivity contribution < 1.29 is 22.9 Å². The molecule has 0 spiro atoms. The third kappa shape index (κ3) is 6.46. The zero-order valence-corrected chi connectivity index (χ0v) is 18.5. The summed E-state index contributed by atoms with van der Waals surface area (Å²) in [4.78, 5) is 24.9. The Morgan fingerprint density at radius 3 is 2.15 bits per heavy atom. The molecule has 10 heteroatoms. The van der Waals surface area contributed by atoms with Gasteiger partial charge in [-0.3, -0.25) is 14.9 Å². The first-order chi connectivity index (χ1) is 15.5. The number of hydrogen-bond acceptors (Lipinski definition) is 3. The van der Waals surface area contributed by atoms with Gasteiger partial charge in [0.1, 0.15) is 0 Å². The molecule has 0 saturated heterocycles. The van der Waals surface area contributed by atoms with Crippen molar-refractivity contribution in [3.05, 3.63) is 109 Å². The van der Waals surface area contributed by atoms with E-state index in [-0.39, 0.29) is 24.3 Å². The molecule has 5 nitrogen and oxygen atoms in total. The van der Waals surface area contributed by atoms with Gasteiger partial charge < -0.3 is 4.90 Å². The number of non-ortho nitro benzene ring substituents is 1. The maximum atomic E-state index is 13.1. The SMILES string of the molecule is O=C(c1ccc([N+](=O)[O-])cc1)N(CCc1ccc(Cl)cc1Cl)Cc1ccc(C(F)(F)F)cc1. The lowest BCUT2D eigenvalue weighted by atomic mass is 10.1. The lowest BCUT2D eigenvalue weighted by Gasteiger charge is -2.23. The normalized spacial score (nSPS) is 11.3. The molecule has 0 N–H and O–H groups in total. The van der Waals surface area contributed by atoms with Gasteiger partial charge in [0.25, 0.3) is 11.6 Å². The van der Waals surface area contributed by atoms with Crippen molar-refractivity contribution in [2.75, 3.05) is 6.54 Å². The number of alkyl halides is 3. The van der Waals surface area contributed by atoms with Gasteiger partial charge in [0.15, 0.2) is 0 Å². The standard InChI is InChI=1S/C23H17Cl2F3N2O3/c24-19-8-3-16(21(25)13-19)11-12-29(14-15-1-6-18(7-2-15)23(26,27)28)22(31)17-4-9-20(10-5-17)30(32)33/h1-10,13H,11-12,14H2. The Bertz CT molecular complexity index is 1150. The van der Waals surface area contributed by atoms with Crippen molar-refractivity contribution in [1.82, 2.24) is 4.90 Å². The highest BCUT2D eigenvalue weighted by Crippen LogP contribution is 2.29. The van der Waals surface area contributed by atoms with Crippen LogP contribution >= 0.6 is 23.2 Å². The average molecular weight is 497 g/mol. The van der Waals surface area contributed by atoms with Crippen molar-refractivity contribution >= 4 is 34.8 Å². The van der Waals surface area contributed by atoms with Crippen LogP contribution in [0.5, 0.6) is 0 Å². The summed E-state index contributed by atoms with van der Waals surface area (Å²) >= 11 is 12.1. The molecule has 3 rings (SSSR count). The quantitative estimate of drug-likeness (QED) is 0.266. The molecule has 0 aliphatic carbocycles. The highest BCUT2D eigenvalue weighted by Gasteiger charge is 2.30. The molecule has 0 fully saturated rings. The van der Waals surface area contributed by atoms with E-state index in [0.29, 0.717) is 22.0 Å². The van der Waals surface area contributed by atoms with E-state index in [1.165, 1.54) is 41.3 Å². The molecule has 3 aromatic carbocycles.